The third-order valence-electron chi connectivity index (χ3n) is 6.39. The molecule has 1 aromatic heterocycles. The normalized spacial score (nSPS) is 14.7. The molecule has 1 N–H and O–H groups in total. The van der Waals surface area contributed by atoms with E-state index < -0.39 is 67.4 Å². The highest BCUT2D eigenvalue weighted by molar-refractivity contribution is 7.90. The fourth-order valence-electron chi connectivity index (χ4n) is 4.16. The van der Waals surface area contributed by atoms with Crippen molar-refractivity contribution in [3.05, 3.63) is 70.4 Å². The minimum absolute atomic E-state index is 0.0810. The zero-order chi connectivity index (χ0) is 28.8. The molecule has 14 heteroatoms. The van der Waals surface area contributed by atoms with Gasteiger partial charge in [-0.3, -0.25) is 4.79 Å². The molecule has 0 spiro atoms. The van der Waals surface area contributed by atoms with Crippen LogP contribution in [-0.4, -0.2) is 30.8 Å². The Kier molecular flexibility index (Phi) is 7.07. The number of halogens is 5. The van der Waals surface area contributed by atoms with Crippen LogP contribution in [0.4, 0.5) is 27.6 Å². The van der Waals surface area contributed by atoms with Gasteiger partial charge in [-0.2, -0.15) is 22.8 Å². The van der Waals surface area contributed by atoms with Crippen molar-refractivity contribution in [1.82, 2.24) is 10.2 Å². The van der Waals surface area contributed by atoms with Crippen LogP contribution in [0, 0.1) is 29.9 Å². The largest absolute Gasteiger partial charge is 0.435 e. The van der Waals surface area contributed by atoms with Crippen LogP contribution in [-0.2, 0) is 21.4 Å². The molecule has 0 atom stereocenters. The van der Waals surface area contributed by atoms with Crippen molar-refractivity contribution in [2.75, 3.05) is 11.6 Å². The summed E-state index contributed by atoms with van der Waals surface area (Å²) in [4.78, 5) is 13.0. The second-order valence-corrected chi connectivity index (χ2v) is 11.0. The highest BCUT2D eigenvalue weighted by Gasteiger charge is 2.42. The van der Waals surface area contributed by atoms with Crippen LogP contribution in [0.1, 0.15) is 46.4 Å². The van der Waals surface area contributed by atoms with E-state index in [2.05, 4.69) is 15.5 Å². The van der Waals surface area contributed by atoms with Crippen LogP contribution in [0.15, 0.2) is 41.3 Å². The summed E-state index contributed by atoms with van der Waals surface area (Å²) in [5, 5.41) is 18.1. The number of carbonyl (C=O) groups excluding carboxylic acids is 1. The van der Waals surface area contributed by atoms with Gasteiger partial charge in [-0.1, -0.05) is 12.1 Å². The molecular weight excluding hydrogens is 547 g/mol. The van der Waals surface area contributed by atoms with Crippen molar-refractivity contribution in [2.24, 2.45) is 0 Å². The predicted molar refractivity (Wildman–Crippen MR) is 127 cm³/mol. The van der Waals surface area contributed by atoms with E-state index in [0.29, 0.717) is 19.3 Å². The molecule has 0 aliphatic heterocycles. The van der Waals surface area contributed by atoms with E-state index in [1.807, 2.05) is 6.07 Å². The molecular formula is C25H19F5N4O4S. The lowest BCUT2D eigenvalue weighted by Gasteiger charge is -2.35. The summed E-state index contributed by atoms with van der Waals surface area (Å²) >= 11 is 0. The van der Waals surface area contributed by atoms with Crippen LogP contribution in [0.25, 0.3) is 0 Å². The maximum absolute atomic E-state index is 15.0. The fraction of sp³-hybridized carbons (Fsp3) is 0.280. The molecule has 1 aliphatic carbocycles. The molecule has 1 saturated carbocycles. The van der Waals surface area contributed by atoms with E-state index in [1.165, 1.54) is 18.2 Å². The number of amides is 1. The highest BCUT2D eigenvalue weighted by Crippen LogP contribution is 2.45. The molecule has 0 radical (unpaired) electrons. The van der Waals surface area contributed by atoms with Crippen LogP contribution in [0.3, 0.4) is 0 Å². The van der Waals surface area contributed by atoms with E-state index in [1.54, 1.807) is 0 Å². The first-order valence-electron chi connectivity index (χ1n) is 11.3. The molecule has 0 saturated heterocycles. The Morgan fingerprint density at radius 1 is 1.13 bits per heavy atom. The molecule has 4 rings (SSSR count). The van der Waals surface area contributed by atoms with Gasteiger partial charge in [-0.05, 0) is 56.0 Å². The molecule has 1 heterocycles. The van der Waals surface area contributed by atoms with Crippen molar-refractivity contribution in [1.29, 1.82) is 5.26 Å². The number of rotatable bonds is 6. The number of sulfone groups is 1. The number of nitriles is 1. The Morgan fingerprint density at radius 2 is 1.82 bits per heavy atom. The highest BCUT2D eigenvalue weighted by atomic mass is 32.2. The smallest absolute Gasteiger partial charge is 0.434 e. The van der Waals surface area contributed by atoms with Crippen molar-refractivity contribution in [3.63, 3.8) is 0 Å². The molecule has 3 aromatic rings. The first-order chi connectivity index (χ1) is 18.2. The zero-order valence-corrected chi connectivity index (χ0v) is 21.2. The molecule has 8 nitrogen and oxygen atoms in total. The Bertz CT molecular complexity index is 1630. The Morgan fingerprint density at radius 3 is 2.38 bits per heavy atom. The Hall–Kier alpha value is -4.12. The molecule has 0 bridgehead atoms. The van der Waals surface area contributed by atoms with Crippen LogP contribution < -0.4 is 10.1 Å². The number of aromatic nitrogens is 2. The molecule has 1 amide bonds. The number of nitrogens with one attached hydrogen (secondary N) is 1. The summed E-state index contributed by atoms with van der Waals surface area (Å²) in [5.74, 6) is -5.76. The summed E-state index contributed by atoms with van der Waals surface area (Å²) in [6.45, 7) is 0.916. The monoisotopic (exact) mass is 566 g/mol. The minimum Gasteiger partial charge on any atom is -0.434 e. The van der Waals surface area contributed by atoms with Gasteiger partial charge in [0.2, 0.25) is 5.82 Å². The van der Waals surface area contributed by atoms with Crippen LogP contribution >= 0.6 is 0 Å². The van der Waals surface area contributed by atoms with Gasteiger partial charge < -0.3 is 10.1 Å². The van der Waals surface area contributed by atoms with Gasteiger partial charge in [-0.15, -0.1) is 10.2 Å². The third-order valence-corrected chi connectivity index (χ3v) is 7.50. The van der Waals surface area contributed by atoms with E-state index >= 15 is 0 Å². The number of nitrogens with zero attached hydrogens (tertiary/aromatic N) is 3. The summed E-state index contributed by atoms with van der Waals surface area (Å²) in [6, 6.07) is 9.04. The van der Waals surface area contributed by atoms with Gasteiger partial charge in [0.25, 0.3) is 11.8 Å². The number of carbonyl (C=O) groups is 1. The van der Waals surface area contributed by atoms with Crippen molar-refractivity contribution in [2.45, 2.75) is 42.7 Å². The lowest BCUT2D eigenvalue weighted by molar-refractivity contribution is -0.142. The van der Waals surface area contributed by atoms with Crippen molar-refractivity contribution >= 4 is 21.4 Å². The molecule has 39 heavy (non-hydrogen) atoms. The van der Waals surface area contributed by atoms with Gasteiger partial charge >= 0.3 is 6.18 Å². The number of anilines is 1. The molecule has 204 valence electrons. The zero-order valence-electron chi connectivity index (χ0n) is 20.4. The number of ether oxygens (including phenoxy) is 1. The standard InChI is InChI=1S/C25H19F5N4O4S/c1-13-18(22(35)32-14-5-3-6-15(11-14)39(2,36)37)23(34-33-21(13)25(28,29)30)38-17-8-7-16(19(26)20(17)27)24(12-31)9-4-10-24/h3,5-8,11H,4,9-10H2,1-2H3,(H,32,35). The first-order valence-corrected chi connectivity index (χ1v) is 13.2. The average Bonchev–Trinajstić information content (AvgIpc) is 2.81. The van der Waals surface area contributed by atoms with Gasteiger partial charge in [0, 0.05) is 17.5 Å². The summed E-state index contributed by atoms with van der Waals surface area (Å²) in [5.41, 5.74) is -4.49. The van der Waals surface area contributed by atoms with E-state index in [0.717, 1.165) is 31.4 Å². The predicted octanol–water partition coefficient (Wildman–Crippen LogP) is 5.48. The number of hydrogen-bond acceptors (Lipinski definition) is 7. The second-order valence-electron chi connectivity index (χ2n) is 8.99. The topological polar surface area (TPSA) is 122 Å². The summed E-state index contributed by atoms with van der Waals surface area (Å²) < 4.78 is 99.4. The molecule has 0 unspecified atom stereocenters. The van der Waals surface area contributed by atoms with E-state index in [9.17, 15) is 40.4 Å². The van der Waals surface area contributed by atoms with E-state index in [-0.39, 0.29) is 16.1 Å². The lowest BCUT2D eigenvalue weighted by Crippen LogP contribution is -2.33. The maximum Gasteiger partial charge on any atom is 0.435 e. The number of hydrogen-bond donors (Lipinski definition) is 1. The fourth-order valence-corrected chi connectivity index (χ4v) is 4.83. The summed E-state index contributed by atoms with van der Waals surface area (Å²) in [7, 11) is -3.68. The van der Waals surface area contributed by atoms with Gasteiger partial charge in [-0.25, -0.2) is 12.8 Å². The average molecular weight is 567 g/mol. The molecule has 1 aliphatic rings. The quantitative estimate of drug-likeness (QED) is 0.393. The number of alkyl halides is 3. The first kappa shape index (κ1) is 27.9. The molecule has 1 fully saturated rings. The summed E-state index contributed by atoms with van der Waals surface area (Å²) in [6.07, 6.45) is -2.79. The van der Waals surface area contributed by atoms with Crippen molar-refractivity contribution < 1.29 is 39.9 Å². The maximum atomic E-state index is 15.0. The van der Waals surface area contributed by atoms with Gasteiger partial charge in [0.05, 0.1) is 16.4 Å². The Balaban J connectivity index is 1.76. The molecule has 2 aromatic carbocycles. The van der Waals surface area contributed by atoms with Crippen molar-refractivity contribution in [3.8, 4) is 17.7 Å². The minimum atomic E-state index is -5.02. The second kappa shape index (κ2) is 9.88. The Labute approximate surface area is 219 Å². The van der Waals surface area contributed by atoms with Gasteiger partial charge in [0.1, 0.15) is 5.56 Å². The van der Waals surface area contributed by atoms with Crippen LogP contribution in [0.5, 0.6) is 11.6 Å². The third kappa shape index (κ3) is 5.26. The van der Waals surface area contributed by atoms with Crippen LogP contribution in [0.2, 0.25) is 0 Å². The SMILES string of the molecule is Cc1c(C(F)(F)F)nnc(Oc2ccc(C3(C#N)CCC3)c(F)c2F)c1C(=O)Nc1cccc(S(C)(=O)=O)c1. The number of benzene rings is 2. The van der Waals surface area contributed by atoms with E-state index in [4.69, 9.17) is 4.74 Å². The van der Waals surface area contributed by atoms with Gasteiger partial charge in [0.15, 0.2) is 27.1 Å². The lowest BCUT2D eigenvalue weighted by atomic mass is 9.65.